The second-order valence-corrected chi connectivity index (χ2v) is 6.86. The van der Waals surface area contributed by atoms with E-state index < -0.39 is 0 Å². The number of aromatic hydroxyl groups is 1. The minimum absolute atomic E-state index is 0.0367. The predicted molar refractivity (Wildman–Crippen MR) is 107 cm³/mol. The van der Waals surface area contributed by atoms with Gasteiger partial charge in [0.25, 0.3) is 0 Å². The van der Waals surface area contributed by atoms with E-state index in [1.54, 1.807) is 18.2 Å². The molecule has 1 atom stereocenters. The van der Waals surface area contributed by atoms with Crippen LogP contribution in [0, 0.1) is 5.92 Å². The maximum Gasteiger partial charge on any atom is 0.163 e. The Morgan fingerprint density at radius 1 is 1.19 bits per heavy atom. The molecule has 1 aromatic carbocycles. The predicted octanol–water partition coefficient (Wildman–Crippen LogP) is 4.30. The van der Waals surface area contributed by atoms with Gasteiger partial charge in [0.1, 0.15) is 5.78 Å². The van der Waals surface area contributed by atoms with E-state index in [0.29, 0.717) is 18.1 Å². The van der Waals surface area contributed by atoms with Crippen LogP contribution in [0.3, 0.4) is 0 Å². The molecule has 0 amide bonds. The number of allylic oxidation sites excluding steroid dienone is 1. The van der Waals surface area contributed by atoms with Gasteiger partial charge in [-0.1, -0.05) is 38.3 Å². The molecule has 0 aromatic heterocycles. The molecule has 0 fully saturated rings. The average Bonchev–Trinajstić information content (AvgIpc) is 2.65. The highest BCUT2D eigenvalue weighted by atomic mass is 16.5. The zero-order chi connectivity index (χ0) is 20.1. The molecule has 0 bridgehead atoms. The first-order valence-corrected chi connectivity index (χ1v) is 9.70. The summed E-state index contributed by atoms with van der Waals surface area (Å²) in [6.45, 7) is 2.36. The Morgan fingerprint density at radius 3 is 2.59 bits per heavy atom. The van der Waals surface area contributed by atoms with E-state index in [2.05, 4.69) is 6.92 Å². The number of carbonyl (C=O) groups is 2. The molecule has 5 nitrogen and oxygen atoms in total. The van der Waals surface area contributed by atoms with Gasteiger partial charge in [0.05, 0.1) is 13.5 Å². The molecule has 0 aliphatic rings. The molecule has 0 aliphatic carbocycles. The van der Waals surface area contributed by atoms with Gasteiger partial charge < -0.3 is 14.9 Å². The van der Waals surface area contributed by atoms with Crippen LogP contribution in [0.4, 0.5) is 0 Å². The normalized spacial score (nSPS) is 12.3. The van der Waals surface area contributed by atoms with E-state index >= 15 is 0 Å². The van der Waals surface area contributed by atoms with Gasteiger partial charge >= 0.3 is 0 Å². The number of carbonyl (C=O) groups excluding carboxylic acids is 2. The topological polar surface area (TPSA) is 83.8 Å². The molecule has 0 saturated heterocycles. The highest BCUT2D eigenvalue weighted by molar-refractivity contribution is 6.06. The lowest BCUT2D eigenvalue weighted by Crippen LogP contribution is -2.07. The van der Waals surface area contributed by atoms with Crippen molar-refractivity contribution < 1.29 is 24.5 Å². The highest BCUT2D eigenvalue weighted by Crippen LogP contribution is 2.26. The minimum atomic E-state index is -0.225. The Balaban J connectivity index is 2.40. The van der Waals surface area contributed by atoms with Gasteiger partial charge in [-0.2, -0.15) is 0 Å². The van der Waals surface area contributed by atoms with Crippen molar-refractivity contribution in [2.75, 3.05) is 13.7 Å². The van der Waals surface area contributed by atoms with Crippen LogP contribution in [-0.4, -0.2) is 35.5 Å². The van der Waals surface area contributed by atoms with Crippen molar-refractivity contribution in [2.24, 2.45) is 5.92 Å². The summed E-state index contributed by atoms with van der Waals surface area (Å²) in [7, 11) is 1.46. The molecule has 0 saturated carbocycles. The van der Waals surface area contributed by atoms with Crippen molar-refractivity contribution in [1.82, 2.24) is 0 Å². The number of ether oxygens (including phenoxy) is 1. The molecule has 27 heavy (non-hydrogen) atoms. The lowest BCUT2D eigenvalue weighted by molar-refractivity contribution is -0.124. The summed E-state index contributed by atoms with van der Waals surface area (Å²) in [5.74, 6) is 0.665. The fraction of sp³-hybridized carbons (Fsp3) is 0.545. The Kier molecular flexibility index (Phi) is 11.1. The quantitative estimate of drug-likeness (QED) is 0.373. The van der Waals surface area contributed by atoms with Crippen LogP contribution in [0.1, 0.15) is 63.9 Å². The van der Waals surface area contributed by atoms with E-state index in [9.17, 15) is 14.7 Å². The van der Waals surface area contributed by atoms with E-state index in [4.69, 9.17) is 9.84 Å². The zero-order valence-corrected chi connectivity index (χ0v) is 16.4. The van der Waals surface area contributed by atoms with Gasteiger partial charge in [0.2, 0.25) is 0 Å². The number of phenolic OH excluding ortho intramolecular Hbond substituents is 1. The van der Waals surface area contributed by atoms with Crippen LogP contribution in [0.25, 0.3) is 6.08 Å². The van der Waals surface area contributed by atoms with Crippen molar-refractivity contribution in [3.8, 4) is 11.5 Å². The van der Waals surface area contributed by atoms with Crippen LogP contribution >= 0.6 is 0 Å². The maximum absolute atomic E-state index is 12.0. The van der Waals surface area contributed by atoms with Gasteiger partial charge in [-0.05, 0) is 49.0 Å². The van der Waals surface area contributed by atoms with Crippen molar-refractivity contribution >= 4 is 17.6 Å². The van der Waals surface area contributed by atoms with E-state index in [0.717, 1.165) is 44.1 Å². The third-order valence-electron chi connectivity index (χ3n) is 4.57. The summed E-state index contributed by atoms with van der Waals surface area (Å²) in [6, 6.07) is 4.79. The molecule has 0 aliphatic heterocycles. The van der Waals surface area contributed by atoms with Crippen molar-refractivity contribution in [3.63, 3.8) is 0 Å². The van der Waals surface area contributed by atoms with Crippen molar-refractivity contribution in [3.05, 3.63) is 29.8 Å². The Labute approximate surface area is 162 Å². The summed E-state index contributed by atoms with van der Waals surface area (Å²) in [6.07, 6.45) is 9.14. The SMILES string of the molecule is CCC[C@H](CCCO)CCCC(=O)CC(=O)C=Cc1ccc(O)c(OC)c1. The first kappa shape index (κ1) is 22.9. The van der Waals surface area contributed by atoms with Crippen molar-refractivity contribution in [2.45, 2.75) is 58.3 Å². The van der Waals surface area contributed by atoms with Gasteiger partial charge in [-0.25, -0.2) is 0 Å². The smallest absolute Gasteiger partial charge is 0.163 e. The molecular formula is C22H32O5. The molecule has 0 unspecified atom stereocenters. The second kappa shape index (κ2) is 13.1. The summed E-state index contributed by atoms with van der Waals surface area (Å²) >= 11 is 0. The maximum atomic E-state index is 12.0. The highest BCUT2D eigenvalue weighted by Gasteiger charge is 2.11. The number of rotatable bonds is 14. The summed E-state index contributed by atoms with van der Waals surface area (Å²) in [5, 5.41) is 18.5. The number of aliphatic hydroxyl groups excluding tert-OH is 1. The van der Waals surface area contributed by atoms with Gasteiger partial charge in [-0.15, -0.1) is 0 Å². The number of hydrogen-bond donors (Lipinski definition) is 2. The summed E-state index contributed by atoms with van der Waals surface area (Å²) in [5.41, 5.74) is 0.719. The lowest BCUT2D eigenvalue weighted by atomic mass is 9.91. The molecule has 150 valence electrons. The first-order chi connectivity index (χ1) is 13.0. The van der Waals surface area contributed by atoms with Crippen LogP contribution in [-0.2, 0) is 9.59 Å². The number of benzene rings is 1. The van der Waals surface area contributed by atoms with E-state index in [1.807, 2.05) is 0 Å². The van der Waals surface area contributed by atoms with Crippen LogP contribution in [0.15, 0.2) is 24.3 Å². The fourth-order valence-corrected chi connectivity index (χ4v) is 3.14. The second-order valence-electron chi connectivity index (χ2n) is 6.86. The Morgan fingerprint density at radius 2 is 1.93 bits per heavy atom. The molecule has 1 aromatic rings. The monoisotopic (exact) mass is 376 g/mol. The summed E-state index contributed by atoms with van der Waals surface area (Å²) < 4.78 is 5.03. The molecule has 5 heteroatoms. The van der Waals surface area contributed by atoms with E-state index in [-0.39, 0.29) is 30.3 Å². The number of methoxy groups -OCH3 is 1. The third-order valence-corrected chi connectivity index (χ3v) is 4.57. The Bertz CT molecular complexity index is 621. The lowest BCUT2D eigenvalue weighted by Gasteiger charge is -2.14. The van der Waals surface area contributed by atoms with Crippen LogP contribution in [0.5, 0.6) is 11.5 Å². The largest absolute Gasteiger partial charge is 0.504 e. The number of hydrogen-bond acceptors (Lipinski definition) is 5. The number of phenols is 1. The van der Waals surface area contributed by atoms with Gasteiger partial charge in [-0.3, -0.25) is 9.59 Å². The van der Waals surface area contributed by atoms with Crippen LogP contribution in [0.2, 0.25) is 0 Å². The molecule has 2 N–H and O–H groups in total. The van der Waals surface area contributed by atoms with Gasteiger partial charge in [0, 0.05) is 13.0 Å². The molecular weight excluding hydrogens is 344 g/mol. The zero-order valence-electron chi connectivity index (χ0n) is 16.4. The number of aliphatic hydroxyl groups is 1. The van der Waals surface area contributed by atoms with E-state index in [1.165, 1.54) is 19.3 Å². The molecule has 0 heterocycles. The van der Waals surface area contributed by atoms with Crippen LogP contribution < -0.4 is 4.74 Å². The third kappa shape index (κ3) is 9.38. The minimum Gasteiger partial charge on any atom is -0.504 e. The number of Topliss-reactive ketones (excluding diaryl/α,β-unsaturated/α-hetero) is 1. The standard InChI is InChI=1S/C22H32O5/c1-3-6-17(8-5-14-23)7-4-9-19(24)16-20(25)12-10-18-11-13-21(26)22(15-18)27-2/h10-13,15,17,23,26H,3-9,14,16H2,1-2H3/t17-/m0/s1. The van der Waals surface area contributed by atoms with Crippen molar-refractivity contribution in [1.29, 1.82) is 0 Å². The molecule has 1 rings (SSSR count). The fourth-order valence-electron chi connectivity index (χ4n) is 3.14. The Hall–Kier alpha value is -2.14. The first-order valence-electron chi connectivity index (χ1n) is 9.70. The molecule has 0 radical (unpaired) electrons. The average molecular weight is 376 g/mol. The van der Waals surface area contributed by atoms with Gasteiger partial charge in [0.15, 0.2) is 17.3 Å². The molecule has 0 spiro atoms. The number of ketones is 2. The summed E-state index contributed by atoms with van der Waals surface area (Å²) in [4.78, 5) is 24.0.